The first kappa shape index (κ1) is 12.4. The predicted octanol–water partition coefficient (Wildman–Crippen LogP) is 2.78. The van der Waals surface area contributed by atoms with Gasteiger partial charge in [-0.25, -0.2) is 0 Å². The van der Waals surface area contributed by atoms with Crippen LogP contribution in [0.5, 0.6) is 0 Å². The summed E-state index contributed by atoms with van der Waals surface area (Å²) in [7, 11) is -1.96. The van der Waals surface area contributed by atoms with Gasteiger partial charge in [0.05, 0.1) is 0 Å². The van der Waals surface area contributed by atoms with Gasteiger partial charge in [0.15, 0.2) is 8.32 Å². The molecule has 0 heterocycles. The van der Waals surface area contributed by atoms with Gasteiger partial charge in [-0.1, -0.05) is 30.3 Å². The molecule has 0 atom stereocenters. The monoisotopic (exact) mass is 230 g/mol. The molecule has 0 aromatic heterocycles. The minimum atomic E-state index is -1.96. The average Bonchev–Trinajstić information content (AvgIpc) is 2.26. The minimum Gasteiger partial charge on any atom is -0.386 e. The zero-order valence-corrected chi connectivity index (χ0v) is 10.7. The molecule has 0 spiro atoms. The summed E-state index contributed by atoms with van der Waals surface area (Å²) < 4.78 is 5.73. The van der Waals surface area contributed by atoms with Crippen molar-refractivity contribution in [3.05, 3.63) is 35.9 Å². The first-order valence-corrected chi connectivity index (χ1v) is 8.42. The number of rotatable bonds is 3. The number of nitrogens with zero attached hydrogens (tertiary/aromatic N) is 2. The largest absolute Gasteiger partial charge is 0.386 e. The smallest absolute Gasteiger partial charge is 0.258 e. The summed E-state index contributed by atoms with van der Waals surface area (Å²) in [5, 5.41) is 18.4. The lowest BCUT2D eigenvalue weighted by atomic mass is 9.97. The molecule has 0 radical (unpaired) electrons. The third-order valence-corrected chi connectivity index (χ3v) is 2.87. The van der Waals surface area contributed by atoms with E-state index in [4.69, 9.17) is 4.43 Å². The Bertz CT molecular complexity index is 423. The minimum absolute atomic E-state index is 0.599. The molecular weight excluding hydrogens is 216 g/mol. The maximum absolute atomic E-state index is 9.22. The van der Waals surface area contributed by atoms with E-state index in [-0.39, 0.29) is 0 Å². The molecule has 0 saturated heterocycles. The fourth-order valence-electron chi connectivity index (χ4n) is 1.39. The normalized spacial score (nSPS) is 11.6. The van der Waals surface area contributed by atoms with Crippen LogP contribution in [0.15, 0.2) is 30.3 Å². The lowest BCUT2D eigenvalue weighted by molar-refractivity contribution is 0.180. The second kappa shape index (κ2) is 4.48. The van der Waals surface area contributed by atoms with Crippen LogP contribution in [-0.2, 0) is 10.0 Å². The summed E-state index contributed by atoms with van der Waals surface area (Å²) >= 11 is 0. The quantitative estimate of drug-likeness (QED) is 0.750. The maximum atomic E-state index is 9.22. The molecule has 0 aliphatic heterocycles. The Hall–Kier alpha value is -1.62. The lowest BCUT2D eigenvalue weighted by Gasteiger charge is -2.28. The number of benzene rings is 1. The summed E-state index contributed by atoms with van der Waals surface area (Å²) in [6.45, 7) is 5.87. The highest BCUT2D eigenvalue weighted by Gasteiger charge is 2.38. The molecule has 16 heavy (non-hydrogen) atoms. The standard InChI is InChI=1S/C12H14N2OSi/c1-16(2,3)15-12(9-13,10-14)11-7-5-4-6-8-11/h4-8H,1-3H3. The number of hydrogen-bond donors (Lipinski definition) is 0. The molecule has 0 aliphatic carbocycles. The van der Waals surface area contributed by atoms with Gasteiger partial charge in [0.1, 0.15) is 12.1 Å². The molecule has 1 aromatic carbocycles. The van der Waals surface area contributed by atoms with Gasteiger partial charge >= 0.3 is 0 Å². The second-order valence-corrected chi connectivity index (χ2v) is 8.91. The van der Waals surface area contributed by atoms with Crippen molar-refractivity contribution in [3.63, 3.8) is 0 Å². The molecule has 1 aromatic rings. The lowest BCUT2D eigenvalue weighted by Crippen LogP contribution is -2.38. The molecule has 0 N–H and O–H groups in total. The van der Waals surface area contributed by atoms with Gasteiger partial charge in [-0.15, -0.1) is 0 Å². The zero-order chi connectivity index (χ0) is 12.2. The average molecular weight is 230 g/mol. The Morgan fingerprint density at radius 1 is 1.06 bits per heavy atom. The van der Waals surface area contributed by atoms with Crippen LogP contribution in [0.4, 0.5) is 0 Å². The highest BCUT2D eigenvalue weighted by molar-refractivity contribution is 6.69. The van der Waals surface area contributed by atoms with Gasteiger partial charge in [-0.3, -0.25) is 0 Å². The van der Waals surface area contributed by atoms with Crippen molar-refractivity contribution < 1.29 is 4.43 Å². The van der Waals surface area contributed by atoms with Crippen molar-refractivity contribution in [2.75, 3.05) is 0 Å². The maximum Gasteiger partial charge on any atom is 0.258 e. The Kier molecular flexibility index (Phi) is 3.49. The van der Waals surface area contributed by atoms with E-state index in [0.717, 1.165) is 0 Å². The van der Waals surface area contributed by atoms with Crippen LogP contribution in [0, 0.1) is 22.7 Å². The highest BCUT2D eigenvalue weighted by atomic mass is 28.4. The summed E-state index contributed by atoms with van der Waals surface area (Å²) in [5.41, 5.74) is -0.867. The van der Waals surface area contributed by atoms with Crippen LogP contribution >= 0.6 is 0 Å². The van der Waals surface area contributed by atoms with Crippen molar-refractivity contribution in [3.8, 4) is 12.1 Å². The van der Waals surface area contributed by atoms with Crippen molar-refractivity contribution in [2.45, 2.75) is 25.2 Å². The fourth-order valence-corrected chi connectivity index (χ4v) is 2.52. The SMILES string of the molecule is C[Si](C)(C)OC(C#N)(C#N)c1ccccc1. The molecule has 1 rings (SSSR count). The highest BCUT2D eigenvalue weighted by Crippen LogP contribution is 2.28. The van der Waals surface area contributed by atoms with E-state index in [1.54, 1.807) is 24.3 Å². The van der Waals surface area contributed by atoms with E-state index >= 15 is 0 Å². The third kappa shape index (κ3) is 2.70. The predicted molar refractivity (Wildman–Crippen MR) is 63.8 cm³/mol. The van der Waals surface area contributed by atoms with E-state index in [1.807, 2.05) is 37.8 Å². The molecule has 0 bridgehead atoms. The van der Waals surface area contributed by atoms with Crippen LogP contribution in [0.1, 0.15) is 5.56 Å². The summed E-state index contributed by atoms with van der Waals surface area (Å²) in [5.74, 6) is 0. The van der Waals surface area contributed by atoms with E-state index in [2.05, 4.69) is 0 Å². The second-order valence-electron chi connectivity index (χ2n) is 4.49. The van der Waals surface area contributed by atoms with Crippen LogP contribution in [0.2, 0.25) is 19.6 Å². The third-order valence-electron chi connectivity index (χ3n) is 1.95. The topological polar surface area (TPSA) is 56.8 Å². The molecule has 0 saturated carbocycles. The molecule has 3 nitrogen and oxygen atoms in total. The van der Waals surface area contributed by atoms with Crippen LogP contribution in [0.3, 0.4) is 0 Å². The first-order chi connectivity index (χ1) is 7.43. The Balaban J connectivity index is 3.20. The fraction of sp³-hybridized carbons (Fsp3) is 0.333. The van der Waals surface area contributed by atoms with Gasteiger partial charge in [0, 0.05) is 5.56 Å². The van der Waals surface area contributed by atoms with Crippen molar-refractivity contribution in [2.24, 2.45) is 0 Å². The van der Waals surface area contributed by atoms with E-state index in [0.29, 0.717) is 5.56 Å². The molecule has 0 unspecified atom stereocenters. The first-order valence-electron chi connectivity index (χ1n) is 5.02. The van der Waals surface area contributed by atoms with E-state index in [1.165, 1.54) is 0 Å². The Labute approximate surface area is 97.0 Å². The summed E-state index contributed by atoms with van der Waals surface area (Å²) in [6, 6.07) is 12.9. The van der Waals surface area contributed by atoms with Gasteiger partial charge in [0.25, 0.3) is 5.60 Å². The van der Waals surface area contributed by atoms with E-state index in [9.17, 15) is 10.5 Å². The zero-order valence-electron chi connectivity index (χ0n) is 9.69. The summed E-state index contributed by atoms with van der Waals surface area (Å²) in [6.07, 6.45) is 0. The van der Waals surface area contributed by atoms with Crippen LogP contribution in [-0.4, -0.2) is 8.32 Å². The Morgan fingerprint density at radius 3 is 1.94 bits per heavy atom. The van der Waals surface area contributed by atoms with E-state index < -0.39 is 13.9 Å². The van der Waals surface area contributed by atoms with Gasteiger partial charge in [-0.2, -0.15) is 10.5 Å². The molecule has 0 aliphatic rings. The molecular formula is C12H14N2OSi. The Morgan fingerprint density at radius 2 is 1.56 bits per heavy atom. The number of hydrogen-bond acceptors (Lipinski definition) is 3. The molecule has 0 fully saturated rings. The van der Waals surface area contributed by atoms with Crippen LogP contribution < -0.4 is 0 Å². The van der Waals surface area contributed by atoms with Crippen molar-refractivity contribution in [1.29, 1.82) is 10.5 Å². The number of nitriles is 2. The van der Waals surface area contributed by atoms with Gasteiger partial charge in [0.2, 0.25) is 0 Å². The van der Waals surface area contributed by atoms with Crippen molar-refractivity contribution in [1.82, 2.24) is 0 Å². The molecule has 0 amide bonds. The van der Waals surface area contributed by atoms with Crippen molar-refractivity contribution >= 4 is 8.32 Å². The van der Waals surface area contributed by atoms with Gasteiger partial charge in [-0.05, 0) is 19.6 Å². The molecule has 4 heteroatoms. The van der Waals surface area contributed by atoms with Gasteiger partial charge < -0.3 is 4.43 Å². The van der Waals surface area contributed by atoms with Crippen LogP contribution in [0.25, 0.3) is 0 Å². The molecule has 82 valence electrons. The summed E-state index contributed by atoms with van der Waals surface area (Å²) in [4.78, 5) is 0.